The fourth-order valence-corrected chi connectivity index (χ4v) is 1.07. The van der Waals surface area contributed by atoms with Gasteiger partial charge >= 0.3 is 5.97 Å². The summed E-state index contributed by atoms with van der Waals surface area (Å²) in [6, 6.07) is 0. The second kappa shape index (κ2) is 3.32. The minimum absolute atomic E-state index is 0.0810. The van der Waals surface area contributed by atoms with E-state index >= 15 is 0 Å². The topological polar surface area (TPSA) is 43.4 Å². The van der Waals surface area contributed by atoms with Crippen LogP contribution in [0.5, 0.6) is 0 Å². The molecule has 1 atom stereocenters. The Kier molecular flexibility index (Phi) is 2.41. The van der Waals surface area contributed by atoms with E-state index in [0.717, 1.165) is 0 Å². The second-order valence-corrected chi connectivity index (χ2v) is 2.47. The summed E-state index contributed by atoms with van der Waals surface area (Å²) < 4.78 is 4.64. The summed E-state index contributed by atoms with van der Waals surface area (Å²) in [6.07, 6.45) is 2.30. The number of allylic oxidation sites excluding steroid dienone is 1. The van der Waals surface area contributed by atoms with Gasteiger partial charge in [-0.2, -0.15) is 0 Å². The molecule has 1 fully saturated rings. The Hall–Kier alpha value is -1.12. The van der Waals surface area contributed by atoms with Gasteiger partial charge in [0.25, 0.3) is 0 Å². The van der Waals surface area contributed by atoms with Gasteiger partial charge in [-0.3, -0.25) is 9.59 Å². The molecule has 0 aliphatic carbocycles. The van der Waals surface area contributed by atoms with Gasteiger partial charge < -0.3 is 4.74 Å². The average Bonchev–Trinajstić information content (AvgIpc) is 2.36. The molecule has 0 aromatic carbocycles. The van der Waals surface area contributed by atoms with Crippen LogP contribution in [0.1, 0.15) is 12.8 Å². The van der Waals surface area contributed by atoms with E-state index in [-0.39, 0.29) is 18.2 Å². The van der Waals surface area contributed by atoms with E-state index in [1.807, 2.05) is 0 Å². The van der Waals surface area contributed by atoms with Gasteiger partial charge in [-0.25, -0.2) is 0 Å². The number of cyclic esters (lactones) is 1. The molecule has 1 aliphatic rings. The minimum atomic E-state index is -0.520. The van der Waals surface area contributed by atoms with Crippen molar-refractivity contribution in [2.45, 2.75) is 12.8 Å². The quantitative estimate of drug-likeness (QED) is 0.341. The van der Waals surface area contributed by atoms with Gasteiger partial charge in [-0.05, 0) is 0 Å². The number of ether oxygens (including phenoxy) is 1. The van der Waals surface area contributed by atoms with E-state index in [1.54, 1.807) is 0 Å². The molecule has 3 nitrogen and oxygen atoms in total. The summed E-state index contributed by atoms with van der Waals surface area (Å²) in [5, 5.41) is 0. The number of rotatable bonds is 3. The molecule has 0 saturated carbocycles. The van der Waals surface area contributed by atoms with E-state index < -0.39 is 5.92 Å². The largest absolute Gasteiger partial charge is 0.465 e. The first-order valence-electron chi connectivity index (χ1n) is 3.56. The maximum atomic E-state index is 11.1. The molecule has 11 heavy (non-hydrogen) atoms. The van der Waals surface area contributed by atoms with E-state index in [0.29, 0.717) is 13.0 Å². The van der Waals surface area contributed by atoms with E-state index in [2.05, 4.69) is 11.3 Å². The molecule has 1 aliphatic heterocycles. The number of hydrogen-bond donors (Lipinski definition) is 0. The minimum Gasteiger partial charge on any atom is -0.465 e. The van der Waals surface area contributed by atoms with Gasteiger partial charge in [-0.15, -0.1) is 6.58 Å². The van der Waals surface area contributed by atoms with Crippen LogP contribution < -0.4 is 0 Å². The number of carbonyl (C=O) groups excluding carboxylic acids is 2. The molecular formula is C8H10O3. The van der Waals surface area contributed by atoms with Crippen LogP contribution >= 0.6 is 0 Å². The van der Waals surface area contributed by atoms with Gasteiger partial charge in [0.2, 0.25) is 0 Å². The van der Waals surface area contributed by atoms with Crippen LogP contribution in [0.2, 0.25) is 0 Å². The number of esters is 1. The van der Waals surface area contributed by atoms with Crippen LogP contribution in [-0.4, -0.2) is 18.4 Å². The van der Waals surface area contributed by atoms with Crippen LogP contribution in [-0.2, 0) is 14.3 Å². The molecule has 0 radical (unpaired) electrons. The zero-order valence-electron chi connectivity index (χ0n) is 6.21. The average molecular weight is 154 g/mol. The number of ketones is 1. The highest BCUT2D eigenvalue weighted by Crippen LogP contribution is 2.16. The normalized spacial score (nSPS) is 22.9. The summed E-state index contributed by atoms with van der Waals surface area (Å²) >= 11 is 0. The molecule has 1 unspecified atom stereocenters. The van der Waals surface area contributed by atoms with Crippen LogP contribution in [0.4, 0.5) is 0 Å². The first kappa shape index (κ1) is 7.98. The third-order valence-corrected chi connectivity index (χ3v) is 1.67. The van der Waals surface area contributed by atoms with Crippen LogP contribution in [0.3, 0.4) is 0 Å². The first-order chi connectivity index (χ1) is 5.25. The molecule has 0 amide bonds. The first-order valence-corrected chi connectivity index (χ1v) is 3.56. The third-order valence-electron chi connectivity index (χ3n) is 1.67. The van der Waals surface area contributed by atoms with Gasteiger partial charge in [0.1, 0.15) is 5.92 Å². The fourth-order valence-electron chi connectivity index (χ4n) is 1.07. The molecule has 0 aromatic rings. The van der Waals surface area contributed by atoms with Crippen molar-refractivity contribution < 1.29 is 14.3 Å². The van der Waals surface area contributed by atoms with E-state index in [4.69, 9.17) is 0 Å². The molecule has 0 aromatic heterocycles. The maximum absolute atomic E-state index is 11.1. The maximum Gasteiger partial charge on any atom is 0.316 e. The fraction of sp³-hybridized carbons (Fsp3) is 0.500. The zero-order valence-corrected chi connectivity index (χ0v) is 6.21. The lowest BCUT2D eigenvalue weighted by atomic mass is 10.0. The Labute approximate surface area is 65.0 Å². The molecule has 0 bridgehead atoms. The van der Waals surface area contributed by atoms with Crippen LogP contribution in [0, 0.1) is 5.92 Å². The molecule has 1 heterocycles. The van der Waals surface area contributed by atoms with Crippen molar-refractivity contribution in [1.82, 2.24) is 0 Å². The Morgan fingerprint density at radius 2 is 2.55 bits per heavy atom. The highest BCUT2D eigenvalue weighted by molar-refractivity contribution is 6.00. The van der Waals surface area contributed by atoms with Crippen molar-refractivity contribution in [2.24, 2.45) is 5.92 Å². The number of hydrogen-bond acceptors (Lipinski definition) is 3. The highest BCUT2D eigenvalue weighted by Gasteiger charge is 2.31. The third kappa shape index (κ3) is 1.67. The van der Waals surface area contributed by atoms with Crippen LogP contribution in [0.25, 0.3) is 0 Å². The SMILES string of the molecule is C=CCC(=O)C1CCOC1=O. The van der Waals surface area contributed by atoms with Crippen molar-refractivity contribution in [3.8, 4) is 0 Å². The van der Waals surface area contributed by atoms with Crippen molar-refractivity contribution >= 4 is 11.8 Å². The molecule has 1 rings (SSSR count). The predicted molar refractivity (Wildman–Crippen MR) is 38.9 cm³/mol. The monoisotopic (exact) mass is 154 g/mol. The van der Waals surface area contributed by atoms with Crippen molar-refractivity contribution in [1.29, 1.82) is 0 Å². The van der Waals surface area contributed by atoms with Crippen molar-refractivity contribution in [3.05, 3.63) is 12.7 Å². The second-order valence-electron chi connectivity index (χ2n) is 2.47. The van der Waals surface area contributed by atoms with Crippen molar-refractivity contribution in [3.63, 3.8) is 0 Å². The summed E-state index contributed by atoms with van der Waals surface area (Å²) in [4.78, 5) is 21.9. The number of Topliss-reactive ketones (excluding diaryl/α,β-unsaturated/α-hetero) is 1. The Balaban J connectivity index is 2.52. The van der Waals surface area contributed by atoms with E-state index in [1.165, 1.54) is 6.08 Å². The smallest absolute Gasteiger partial charge is 0.316 e. The van der Waals surface area contributed by atoms with Gasteiger partial charge in [0.05, 0.1) is 6.61 Å². The summed E-state index contributed by atoms with van der Waals surface area (Å²) in [6.45, 7) is 3.81. The predicted octanol–water partition coefficient (Wildman–Crippen LogP) is 0.695. The molecule has 0 N–H and O–H groups in total. The Bertz CT molecular complexity index is 196. The van der Waals surface area contributed by atoms with Crippen LogP contribution in [0.15, 0.2) is 12.7 Å². The van der Waals surface area contributed by atoms with Gasteiger partial charge in [-0.1, -0.05) is 6.08 Å². The highest BCUT2D eigenvalue weighted by atomic mass is 16.5. The lowest BCUT2D eigenvalue weighted by Crippen LogP contribution is -2.18. The summed E-state index contributed by atoms with van der Waals surface area (Å²) in [7, 11) is 0. The molecular weight excluding hydrogens is 144 g/mol. The lowest BCUT2D eigenvalue weighted by Gasteiger charge is -1.99. The van der Waals surface area contributed by atoms with Gasteiger partial charge in [0.15, 0.2) is 5.78 Å². The molecule has 3 heteroatoms. The Morgan fingerprint density at radius 3 is 3.00 bits per heavy atom. The van der Waals surface area contributed by atoms with E-state index in [9.17, 15) is 9.59 Å². The molecule has 0 spiro atoms. The molecule has 1 saturated heterocycles. The van der Waals surface area contributed by atoms with Gasteiger partial charge in [0, 0.05) is 12.8 Å². The summed E-state index contributed by atoms with van der Waals surface area (Å²) in [5.41, 5.74) is 0. The lowest BCUT2D eigenvalue weighted by molar-refractivity contribution is -0.144. The number of carbonyl (C=O) groups is 2. The summed E-state index contributed by atoms with van der Waals surface area (Å²) in [5.74, 6) is -0.979. The zero-order chi connectivity index (χ0) is 8.27. The van der Waals surface area contributed by atoms with Crippen molar-refractivity contribution in [2.75, 3.05) is 6.61 Å². The Morgan fingerprint density at radius 1 is 1.82 bits per heavy atom. The standard InChI is InChI=1S/C8H10O3/c1-2-3-7(9)6-4-5-11-8(6)10/h2,6H,1,3-5H2. The molecule has 60 valence electrons.